The first-order valence-corrected chi connectivity index (χ1v) is 10.2. The molecule has 8 heteroatoms. The van der Waals surface area contributed by atoms with E-state index in [0.29, 0.717) is 18.8 Å². The standard InChI is InChI=1S/C22H23N7O/c30-21(27-9-3-4-10-27)19-15-28(16-25-19)22-26-18(20-7-1-2-11-29(20)22)14-24-13-17-6-5-8-23-12-17/h1-2,5-8,11-12,15-16,24H,3-4,9-10,13-14H2. The molecule has 5 heterocycles. The van der Waals surface area contributed by atoms with Crippen molar-refractivity contribution in [2.45, 2.75) is 25.9 Å². The van der Waals surface area contributed by atoms with E-state index in [4.69, 9.17) is 4.98 Å². The smallest absolute Gasteiger partial charge is 0.274 e. The number of carbonyl (C=O) groups excluding carboxylic acids is 1. The number of hydrogen-bond acceptors (Lipinski definition) is 5. The Morgan fingerprint density at radius 2 is 2.00 bits per heavy atom. The van der Waals surface area contributed by atoms with Gasteiger partial charge in [-0.2, -0.15) is 0 Å². The highest BCUT2D eigenvalue weighted by atomic mass is 16.2. The molecule has 0 aliphatic carbocycles. The molecule has 0 aromatic carbocycles. The Morgan fingerprint density at radius 3 is 2.83 bits per heavy atom. The first-order valence-electron chi connectivity index (χ1n) is 10.2. The highest BCUT2D eigenvalue weighted by Crippen LogP contribution is 2.18. The quantitative estimate of drug-likeness (QED) is 0.537. The van der Waals surface area contributed by atoms with Gasteiger partial charge in [-0.15, -0.1) is 0 Å². The number of likely N-dealkylation sites (tertiary alicyclic amines) is 1. The fourth-order valence-electron chi connectivity index (χ4n) is 3.85. The van der Waals surface area contributed by atoms with Gasteiger partial charge in [-0.05, 0) is 36.6 Å². The molecule has 1 saturated heterocycles. The Bertz CT molecular complexity index is 1160. The maximum absolute atomic E-state index is 12.6. The summed E-state index contributed by atoms with van der Waals surface area (Å²) < 4.78 is 3.84. The second-order valence-electron chi connectivity index (χ2n) is 7.44. The average Bonchev–Trinajstić information content (AvgIpc) is 3.54. The van der Waals surface area contributed by atoms with Gasteiger partial charge in [0.1, 0.15) is 12.0 Å². The van der Waals surface area contributed by atoms with Gasteiger partial charge in [0.25, 0.3) is 5.91 Å². The largest absolute Gasteiger partial charge is 0.337 e. The van der Waals surface area contributed by atoms with E-state index in [9.17, 15) is 4.79 Å². The topological polar surface area (TPSA) is 80.3 Å². The van der Waals surface area contributed by atoms with Gasteiger partial charge in [0.2, 0.25) is 5.95 Å². The summed E-state index contributed by atoms with van der Waals surface area (Å²) in [5, 5.41) is 3.43. The molecular formula is C22H23N7O. The van der Waals surface area contributed by atoms with Crippen molar-refractivity contribution < 1.29 is 4.79 Å². The number of amides is 1. The number of hydrogen-bond donors (Lipinski definition) is 1. The third-order valence-electron chi connectivity index (χ3n) is 5.38. The third-order valence-corrected chi connectivity index (χ3v) is 5.38. The van der Waals surface area contributed by atoms with Gasteiger partial charge in [0.05, 0.1) is 11.2 Å². The summed E-state index contributed by atoms with van der Waals surface area (Å²) in [6.07, 6.45) is 11.2. The van der Waals surface area contributed by atoms with Crippen LogP contribution in [0.25, 0.3) is 11.5 Å². The number of rotatable bonds is 6. The fraction of sp³-hybridized carbons (Fsp3) is 0.273. The summed E-state index contributed by atoms with van der Waals surface area (Å²) in [7, 11) is 0. The fourth-order valence-corrected chi connectivity index (χ4v) is 3.85. The predicted octanol–water partition coefficient (Wildman–Crippen LogP) is 2.44. The van der Waals surface area contributed by atoms with Crippen LogP contribution in [0.1, 0.15) is 34.6 Å². The number of aromatic nitrogens is 5. The highest BCUT2D eigenvalue weighted by molar-refractivity contribution is 5.92. The second-order valence-corrected chi connectivity index (χ2v) is 7.44. The van der Waals surface area contributed by atoms with Crippen LogP contribution < -0.4 is 5.32 Å². The third kappa shape index (κ3) is 3.57. The lowest BCUT2D eigenvalue weighted by Gasteiger charge is -2.12. The molecule has 4 aromatic rings. The van der Waals surface area contributed by atoms with Crippen molar-refractivity contribution in [3.8, 4) is 5.95 Å². The van der Waals surface area contributed by atoms with Crippen LogP contribution in [0.2, 0.25) is 0 Å². The van der Waals surface area contributed by atoms with Gasteiger partial charge in [0.15, 0.2) is 0 Å². The van der Waals surface area contributed by atoms with Crippen molar-refractivity contribution in [3.63, 3.8) is 0 Å². The molecule has 0 bridgehead atoms. The van der Waals surface area contributed by atoms with E-state index < -0.39 is 0 Å². The summed E-state index contributed by atoms with van der Waals surface area (Å²) in [4.78, 5) is 27.9. The Morgan fingerprint density at radius 1 is 1.10 bits per heavy atom. The molecular weight excluding hydrogens is 378 g/mol. The number of carbonyl (C=O) groups is 1. The van der Waals surface area contributed by atoms with Crippen LogP contribution in [-0.2, 0) is 13.1 Å². The van der Waals surface area contributed by atoms with E-state index in [-0.39, 0.29) is 5.91 Å². The second kappa shape index (κ2) is 8.08. The number of nitrogens with one attached hydrogen (secondary N) is 1. The van der Waals surface area contributed by atoms with E-state index in [1.165, 1.54) is 0 Å². The summed E-state index contributed by atoms with van der Waals surface area (Å²) in [6.45, 7) is 2.96. The van der Waals surface area contributed by atoms with Crippen LogP contribution >= 0.6 is 0 Å². The molecule has 0 saturated carbocycles. The zero-order valence-electron chi connectivity index (χ0n) is 16.6. The summed E-state index contributed by atoms with van der Waals surface area (Å²) in [6, 6.07) is 9.99. The number of nitrogens with zero attached hydrogens (tertiary/aromatic N) is 6. The summed E-state index contributed by atoms with van der Waals surface area (Å²) in [5.41, 5.74) is 3.55. The van der Waals surface area contributed by atoms with Gasteiger partial charge in [0, 0.05) is 51.0 Å². The predicted molar refractivity (Wildman–Crippen MR) is 112 cm³/mol. The van der Waals surface area contributed by atoms with Gasteiger partial charge in [-0.3, -0.25) is 18.7 Å². The van der Waals surface area contributed by atoms with Gasteiger partial charge < -0.3 is 10.2 Å². The van der Waals surface area contributed by atoms with E-state index in [0.717, 1.165) is 48.7 Å². The van der Waals surface area contributed by atoms with Gasteiger partial charge in [-0.1, -0.05) is 12.1 Å². The molecule has 8 nitrogen and oxygen atoms in total. The van der Waals surface area contributed by atoms with Crippen LogP contribution in [0.3, 0.4) is 0 Å². The zero-order valence-corrected chi connectivity index (χ0v) is 16.6. The average molecular weight is 401 g/mol. The van der Waals surface area contributed by atoms with E-state index >= 15 is 0 Å². The van der Waals surface area contributed by atoms with Crippen LogP contribution in [0.15, 0.2) is 61.4 Å². The molecule has 4 aromatic heterocycles. The minimum absolute atomic E-state index is 0.00882. The summed E-state index contributed by atoms with van der Waals surface area (Å²) >= 11 is 0. The monoisotopic (exact) mass is 401 g/mol. The molecule has 1 N–H and O–H groups in total. The molecule has 0 spiro atoms. The molecule has 1 fully saturated rings. The van der Waals surface area contributed by atoms with Crippen LogP contribution in [0.5, 0.6) is 0 Å². The molecule has 1 aliphatic rings. The number of fused-ring (bicyclic) bond motifs is 1. The van der Waals surface area contributed by atoms with E-state index in [1.807, 2.05) is 56.6 Å². The van der Waals surface area contributed by atoms with Crippen molar-refractivity contribution in [2.24, 2.45) is 0 Å². The first kappa shape index (κ1) is 18.5. The minimum atomic E-state index is -0.00882. The van der Waals surface area contributed by atoms with Crippen LogP contribution in [0, 0.1) is 0 Å². The lowest BCUT2D eigenvalue weighted by atomic mass is 10.3. The van der Waals surface area contributed by atoms with Gasteiger partial charge in [-0.25, -0.2) is 9.97 Å². The lowest BCUT2D eigenvalue weighted by Crippen LogP contribution is -2.27. The van der Waals surface area contributed by atoms with E-state index in [2.05, 4.69) is 15.3 Å². The molecule has 5 rings (SSSR count). The lowest BCUT2D eigenvalue weighted by molar-refractivity contribution is 0.0787. The van der Waals surface area contributed by atoms with Crippen molar-refractivity contribution in [2.75, 3.05) is 13.1 Å². The van der Waals surface area contributed by atoms with Crippen LogP contribution in [-0.4, -0.2) is 47.8 Å². The maximum Gasteiger partial charge on any atom is 0.274 e. The van der Waals surface area contributed by atoms with Crippen molar-refractivity contribution >= 4 is 11.4 Å². The van der Waals surface area contributed by atoms with E-state index in [1.54, 1.807) is 18.7 Å². The Kier molecular flexibility index (Phi) is 4.98. The maximum atomic E-state index is 12.6. The summed E-state index contributed by atoms with van der Waals surface area (Å²) in [5.74, 6) is 0.710. The van der Waals surface area contributed by atoms with Crippen molar-refractivity contribution in [1.82, 2.24) is 34.1 Å². The van der Waals surface area contributed by atoms with Crippen LogP contribution in [0.4, 0.5) is 0 Å². The van der Waals surface area contributed by atoms with Gasteiger partial charge >= 0.3 is 0 Å². The van der Waals surface area contributed by atoms with Crippen molar-refractivity contribution in [3.05, 3.63) is 78.4 Å². The highest BCUT2D eigenvalue weighted by Gasteiger charge is 2.22. The molecule has 1 amide bonds. The Balaban J connectivity index is 1.39. The van der Waals surface area contributed by atoms with Crippen molar-refractivity contribution in [1.29, 1.82) is 0 Å². The molecule has 1 aliphatic heterocycles. The molecule has 152 valence electrons. The number of imidazole rings is 2. The minimum Gasteiger partial charge on any atom is -0.337 e. The Labute approximate surface area is 174 Å². The first-order chi connectivity index (χ1) is 14.8. The normalized spacial score (nSPS) is 13.9. The zero-order chi connectivity index (χ0) is 20.3. The molecule has 0 unspecified atom stereocenters. The molecule has 0 radical (unpaired) electrons. The Hall–Kier alpha value is -3.52. The number of pyridine rings is 2. The SMILES string of the molecule is O=C(c1cn(-c2nc(CNCc3cccnc3)c3ccccn23)cn1)N1CCCC1. The molecule has 0 atom stereocenters. The molecule has 30 heavy (non-hydrogen) atoms.